The standard InChI is InChI=1S/C23H28ClN7O5S.ClH/c1-3-36-23(35)30-9-7-15(26-20(33)21(34)28-19-5-4-14(24)10-25-19)17(11-30)31(13-32)22-27-16-6-8-29(2)12-18(16)37-22;/h4-5,10,13,15,17H,3,6-9,11-12H2,1-2H3,(H,26,33)(H,25,28,34);1H/t15-,17+;/m0./s1. The summed E-state index contributed by atoms with van der Waals surface area (Å²) in [5.41, 5.74) is 0.943. The van der Waals surface area contributed by atoms with Crippen LogP contribution in [0.3, 0.4) is 0 Å². The van der Waals surface area contributed by atoms with Crippen molar-refractivity contribution in [1.29, 1.82) is 0 Å². The fourth-order valence-corrected chi connectivity index (χ4v) is 5.63. The van der Waals surface area contributed by atoms with Crippen molar-refractivity contribution in [2.75, 3.05) is 43.5 Å². The van der Waals surface area contributed by atoms with E-state index in [1.807, 2.05) is 7.05 Å². The van der Waals surface area contributed by atoms with Gasteiger partial charge in [-0.05, 0) is 32.5 Å². The van der Waals surface area contributed by atoms with Gasteiger partial charge < -0.3 is 25.2 Å². The summed E-state index contributed by atoms with van der Waals surface area (Å²) in [4.78, 5) is 65.0. The molecule has 12 nitrogen and oxygen atoms in total. The van der Waals surface area contributed by atoms with Gasteiger partial charge in [0.1, 0.15) is 5.82 Å². The van der Waals surface area contributed by atoms with Crippen LogP contribution < -0.4 is 15.5 Å². The third kappa shape index (κ3) is 6.90. The second kappa shape index (κ2) is 13.2. The molecule has 2 aliphatic rings. The van der Waals surface area contributed by atoms with Gasteiger partial charge in [0.05, 0.1) is 29.4 Å². The van der Waals surface area contributed by atoms with Crippen LogP contribution in [0.1, 0.15) is 23.9 Å². The molecular formula is C23H29Cl2N7O5S. The maximum absolute atomic E-state index is 12.8. The highest BCUT2D eigenvalue weighted by atomic mass is 35.5. The predicted octanol–water partition coefficient (Wildman–Crippen LogP) is 1.92. The van der Waals surface area contributed by atoms with Crippen LogP contribution >= 0.6 is 35.3 Å². The van der Waals surface area contributed by atoms with E-state index in [0.29, 0.717) is 23.0 Å². The quantitative estimate of drug-likeness (QED) is 0.387. The minimum atomic E-state index is -0.910. The first kappa shape index (κ1) is 29.6. The number of nitrogens with zero attached hydrogens (tertiary/aromatic N) is 5. The normalized spacial score (nSPS) is 19.0. The number of ether oxygens (including phenoxy) is 1. The molecule has 2 aliphatic heterocycles. The van der Waals surface area contributed by atoms with E-state index in [9.17, 15) is 19.2 Å². The van der Waals surface area contributed by atoms with Gasteiger partial charge in [0.25, 0.3) is 0 Å². The fourth-order valence-electron chi connectivity index (χ4n) is 4.30. The van der Waals surface area contributed by atoms with E-state index in [0.717, 1.165) is 30.1 Å². The van der Waals surface area contributed by atoms with Crippen LogP contribution in [0.25, 0.3) is 0 Å². The van der Waals surface area contributed by atoms with Crippen molar-refractivity contribution in [2.45, 2.75) is 38.4 Å². The number of halogens is 2. The van der Waals surface area contributed by atoms with E-state index in [4.69, 9.17) is 21.3 Å². The maximum Gasteiger partial charge on any atom is 0.409 e. The number of aromatic nitrogens is 2. The van der Waals surface area contributed by atoms with Crippen molar-refractivity contribution in [3.63, 3.8) is 0 Å². The molecule has 0 radical (unpaired) electrons. The SMILES string of the molecule is CCOC(=O)N1CC[C@H](NC(=O)C(=O)Nc2ccc(Cl)cn2)[C@H](N(C=O)c2nc3c(s2)CN(C)CC3)C1.Cl. The van der Waals surface area contributed by atoms with Gasteiger partial charge in [-0.25, -0.2) is 14.8 Å². The number of fused-ring (bicyclic) bond motifs is 1. The Morgan fingerprint density at radius 3 is 2.76 bits per heavy atom. The largest absolute Gasteiger partial charge is 0.450 e. The average Bonchev–Trinajstić information content (AvgIpc) is 3.29. The summed E-state index contributed by atoms with van der Waals surface area (Å²) in [5, 5.41) is 6.03. The summed E-state index contributed by atoms with van der Waals surface area (Å²) < 4.78 is 5.15. The first-order chi connectivity index (χ1) is 17.8. The van der Waals surface area contributed by atoms with Crippen molar-refractivity contribution < 1.29 is 23.9 Å². The molecule has 4 heterocycles. The van der Waals surface area contributed by atoms with Gasteiger partial charge in [0.2, 0.25) is 6.41 Å². The molecule has 0 aliphatic carbocycles. The number of rotatable bonds is 6. The molecule has 2 N–H and O–H groups in total. The number of hydrogen-bond donors (Lipinski definition) is 2. The highest BCUT2D eigenvalue weighted by Crippen LogP contribution is 2.32. The number of piperidine rings is 1. The van der Waals surface area contributed by atoms with E-state index in [1.165, 1.54) is 39.5 Å². The Morgan fingerprint density at radius 2 is 2.08 bits per heavy atom. The topological polar surface area (TPSA) is 137 Å². The maximum atomic E-state index is 12.8. The van der Waals surface area contributed by atoms with E-state index in [2.05, 4.69) is 20.5 Å². The van der Waals surface area contributed by atoms with Crippen molar-refractivity contribution in [3.8, 4) is 0 Å². The molecule has 2 atom stereocenters. The second-order valence-corrected chi connectivity index (χ2v) is 10.3. The van der Waals surface area contributed by atoms with Crippen molar-refractivity contribution in [2.24, 2.45) is 0 Å². The van der Waals surface area contributed by atoms with Gasteiger partial charge in [-0.2, -0.15) is 0 Å². The fraction of sp³-hybridized carbons (Fsp3) is 0.478. The van der Waals surface area contributed by atoms with Crippen LogP contribution in [0, 0.1) is 0 Å². The molecule has 38 heavy (non-hydrogen) atoms. The number of thiazole rings is 1. The first-order valence-corrected chi connectivity index (χ1v) is 13.0. The number of likely N-dealkylation sites (tertiary alicyclic amines) is 1. The Bertz CT molecular complexity index is 1170. The summed E-state index contributed by atoms with van der Waals surface area (Å²) >= 11 is 7.22. The molecule has 1 fully saturated rings. The Hall–Kier alpha value is -3.00. The lowest BCUT2D eigenvalue weighted by molar-refractivity contribution is -0.136. The van der Waals surface area contributed by atoms with Gasteiger partial charge >= 0.3 is 17.9 Å². The summed E-state index contributed by atoms with van der Waals surface area (Å²) in [6.07, 6.45) is 2.58. The lowest BCUT2D eigenvalue weighted by Gasteiger charge is -2.41. The number of nitrogens with one attached hydrogen (secondary N) is 2. The van der Waals surface area contributed by atoms with Gasteiger partial charge in [0, 0.05) is 43.7 Å². The van der Waals surface area contributed by atoms with E-state index < -0.39 is 30.0 Å². The number of amides is 4. The summed E-state index contributed by atoms with van der Waals surface area (Å²) in [6, 6.07) is 1.74. The highest BCUT2D eigenvalue weighted by molar-refractivity contribution is 7.15. The molecular weight excluding hydrogens is 557 g/mol. The Labute approximate surface area is 235 Å². The van der Waals surface area contributed by atoms with Crippen LogP contribution in [0.5, 0.6) is 0 Å². The predicted molar refractivity (Wildman–Crippen MR) is 145 cm³/mol. The molecule has 4 amide bonds. The number of likely N-dealkylation sites (N-methyl/N-ethyl adjacent to an activating group) is 1. The zero-order valence-corrected chi connectivity index (χ0v) is 23.3. The number of carbonyl (C=O) groups excluding carboxylic acids is 4. The number of hydrogen-bond acceptors (Lipinski definition) is 9. The van der Waals surface area contributed by atoms with Crippen LogP contribution in [0.15, 0.2) is 18.3 Å². The van der Waals surface area contributed by atoms with Gasteiger partial charge in [0.15, 0.2) is 5.13 Å². The zero-order chi connectivity index (χ0) is 26.5. The summed E-state index contributed by atoms with van der Waals surface area (Å²) in [5.74, 6) is -1.62. The zero-order valence-electron chi connectivity index (χ0n) is 20.9. The van der Waals surface area contributed by atoms with Gasteiger partial charge in [-0.3, -0.25) is 19.3 Å². The Kier molecular flexibility index (Phi) is 10.3. The number of anilines is 2. The summed E-state index contributed by atoms with van der Waals surface area (Å²) in [7, 11) is 2.02. The van der Waals surface area contributed by atoms with Crippen LogP contribution in [0.2, 0.25) is 5.02 Å². The van der Waals surface area contributed by atoms with E-state index in [-0.39, 0.29) is 37.9 Å². The summed E-state index contributed by atoms with van der Waals surface area (Å²) in [6.45, 7) is 3.92. The Balaban J connectivity index is 0.00000400. The average molecular weight is 587 g/mol. The van der Waals surface area contributed by atoms with E-state index in [1.54, 1.807) is 6.92 Å². The molecule has 0 bridgehead atoms. The van der Waals surface area contributed by atoms with Gasteiger partial charge in [-0.15, -0.1) is 12.4 Å². The van der Waals surface area contributed by atoms with Crippen molar-refractivity contribution >= 4 is 70.6 Å². The van der Waals surface area contributed by atoms with Gasteiger partial charge in [-0.1, -0.05) is 22.9 Å². The molecule has 2 aromatic heterocycles. The third-order valence-electron chi connectivity index (χ3n) is 6.20. The third-order valence-corrected chi connectivity index (χ3v) is 7.52. The molecule has 0 aromatic carbocycles. The van der Waals surface area contributed by atoms with Crippen LogP contribution in [0.4, 0.5) is 15.7 Å². The number of carbonyl (C=O) groups is 4. The molecule has 2 aromatic rings. The first-order valence-electron chi connectivity index (χ1n) is 11.8. The van der Waals surface area contributed by atoms with E-state index >= 15 is 0 Å². The molecule has 4 rings (SSSR count). The monoisotopic (exact) mass is 585 g/mol. The lowest BCUT2D eigenvalue weighted by atomic mass is 9.98. The lowest BCUT2D eigenvalue weighted by Crippen LogP contribution is -2.62. The van der Waals surface area contributed by atoms with Crippen LogP contribution in [-0.2, 0) is 32.1 Å². The van der Waals surface area contributed by atoms with Crippen molar-refractivity contribution in [1.82, 2.24) is 25.1 Å². The smallest absolute Gasteiger partial charge is 0.409 e. The van der Waals surface area contributed by atoms with Crippen LogP contribution in [-0.4, -0.2) is 89.5 Å². The minimum absolute atomic E-state index is 0. The Morgan fingerprint density at radius 1 is 1.29 bits per heavy atom. The molecule has 15 heteroatoms. The molecule has 0 saturated carbocycles. The molecule has 0 unspecified atom stereocenters. The molecule has 1 saturated heterocycles. The number of pyridine rings is 1. The molecule has 0 spiro atoms. The minimum Gasteiger partial charge on any atom is -0.450 e. The molecule has 206 valence electrons. The second-order valence-electron chi connectivity index (χ2n) is 8.76. The van der Waals surface area contributed by atoms with Crippen molar-refractivity contribution in [3.05, 3.63) is 33.9 Å². The highest BCUT2D eigenvalue weighted by Gasteiger charge is 2.39.